The van der Waals surface area contributed by atoms with Gasteiger partial charge in [0.15, 0.2) is 0 Å². The zero-order valence-electron chi connectivity index (χ0n) is 8.18. The van der Waals surface area contributed by atoms with Crippen LogP contribution in [-0.4, -0.2) is 14.5 Å². The minimum absolute atomic E-state index is 0.0867. The third-order valence-corrected chi connectivity index (χ3v) is 2.20. The van der Waals surface area contributed by atoms with E-state index < -0.39 is 16.6 Å². The second kappa shape index (κ2) is 4.80. The van der Waals surface area contributed by atoms with E-state index in [0.29, 0.717) is 6.54 Å². The number of nitriles is 1. The van der Waals surface area contributed by atoms with Gasteiger partial charge in [-0.1, -0.05) is 0 Å². The number of nitrogens with zero attached hydrogens (tertiary/aromatic N) is 3. The summed E-state index contributed by atoms with van der Waals surface area (Å²) in [6.45, 7) is 2.17. The van der Waals surface area contributed by atoms with Crippen molar-refractivity contribution in [3.05, 3.63) is 33.1 Å². The molecule has 0 aliphatic carbocycles. The fourth-order valence-corrected chi connectivity index (χ4v) is 1.30. The number of hydrogen-bond donors (Lipinski definition) is 0. The summed E-state index contributed by atoms with van der Waals surface area (Å²) in [4.78, 5) is 23.0. The summed E-state index contributed by atoms with van der Waals surface area (Å²) in [5.74, 6) is 0. The average Bonchev–Trinajstić information content (AvgIpc) is 2.24. The van der Waals surface area contributed by atoms with E-state index in [1.54, 1.807) is 13.0 Å². The maximum Gasteiger partial charge on any atom is 0.331 e. The Morgan fingerprint density at radius 1 is 1.60 bits per heavy atom. The summed E-state index contributed by atoms with van der Waals surface area (Å²) in [5, 5.41) is 7.63. The second-order valence-corrected chi connectivity index (χ2v) is 3.46. The highest BCUT2D eigenvalue weighted by molar-refractivity contribution is 6.22. The molecule has 5 nitrogen and oxygen atoms in total. The van der Waals surface area contributed by atoms with Crippen molar-refractivity contribution in [3.8, 4) is 6.07 Å². The van der Waals surface area contributed by atoms with Gasteiger partial charge >= 0.3 is 5.69 Å². The van der Waals surface area contributed by atoms with Gasteiger partial charge in [0.2, 0.25) is 0 Å². The molecule has 0 amide bonds. The molecule has 1 heterocycles. The van der Waals surface area contributed by atoms with Crippen molar-refractivity contribution in [1.82, 2.24) is 9.13 Å². The molecule has 1 aromatic rings. The molecule has 6 heteroatoms. The summed E-state index contributed by atoms with van der Waals surface area (Å²) < 4.78 is 2.34. The summed E-state index contributed by atoms with van der Waals surface area (Å²) in [5.41, 5.74) is -0.878. The summed E-state index contributed by atoms with van der Waals surface area (Å²) in [7, 11) is 0. The van der Waals surface area contributed by atoms with Crippen LogP contribution in [0.5, 0.6) is 0 Å². The Bertz CT molecular complexity index is 497. The predicted octanol–water partition coefficient (Wildman–Crippen LogP) is 0.161. The molecule has 0 saturated heterocycles. The zero-order valence-corrected chi connectivity index (χ0v) is 8.94. The minimum Gasteiger partial charge on any atom is -0.301 e. The first-order valence-corrected chi connectivity index (χ1v) is 4.87. The predicted molar refractivity (Wildman–Crippen MR) is 55.9 cm³/mol. The van der Waals surface area contributed by atoms with E-state index in [0.717, 1.165) is 4.57 Å². The van der Waals surface area contributed by atoms with Crippen LogP contribution in [-0.2, 0) is 13.1 Å². The first kappa shape index (κ1) is 11.5. The molecule has 0 aliphatic rings. The molecule has 1 rings (SSSR count). The third-order valence-electron chi connectivity index (χ3n) is 1.96. The average molecular weight is 228 g/mol. The molecular formula is C9H10ClN3O2. The van der Waals surface area contributed by atoms with Crippen LogP contribution >= 0.6 is 11.6 Å². The molecule has 0 saturated carbocycles. The summed E-state index contributed by atoms with van der Waals surface area (Å²) >= 11 is 5.57. The molecule has 15 heavy (non-hydrogen) atoms. The van der Waals surface area contributed by atoms with Crippen molar-refractivity contribution < 1.29 is 0 Å². The Labute approximate surface area is 91.1 Å². The van der Waals surface area contributed by atoms with Crippen LogP contribution in [0.15, 0.2) is 21.9 Å². The van der Waals surface area contributed by atoms with E-state index in [9.17, 15) is 9.59 Å². The molecule has 0 fully saturated rings. The SMILES string of the molecule is CCn1ccc(=O)n(CC(Cl)C#N)c1=O. The number of hydrogen-bond acceptors (Lipinski definition) is 3. The smallest absolute Gasteiger partial charge is 0.301 e. The highest BCUT2D eigenvalue weighted by Crippen LogP contribution is 1.94. The highest BCUT2D eigenvalue weighted by atomic mass is 35.5. The molecule has 1 atom stereocenters. The van der Waals surface area contributed by atoms with E-state index in [-0.39, 0.29) is 6.54 Å². The lowest BCUT2D eigenvalue weighted by Gasteiger charge is -2.07. The van der Waals surface area contributed by atoms with Crippen molar-refractivity contribution >= 4 is 11.6 Å². The van der Waals surface area contributed by atoms with Gasteiger partial charge < -0.3 is 4.57 Å². The molecular weight excluding hydrogens is 218 g/mol. The Kier molecular flexibility index (Phi) is 3.69. The van der Waals surface area contributed by atoms with Gasteiger partial charge in [-0.25, -0.2) is 4.79 Å². The van der Waals surface area contributed by atoms with Crippen LogP contribution in [0.4, 0.5) is 0 Å². The lowest BCUT2D eigenvalue weighted by atomic mass is 10.4. The van der Waals surface area contributed by atoms with Gasteiger partial charge in [0.25, 0.3) is 5.56 Å². The lowest BCUT2D eigenvalue weighted by molar-refractivity contribution is 0.574. The number of alkyl halides is 1. The Morgan fingerprint density at radius 3 is 2.80 bits per heavy atom. The van der Waals surface area contributed by atoms with Crippen molar-refractivity contribution in [2.75, 3.05) is 0 Å². The topological polar surface area (TPSA) is 67.8 Å². The van der Waals surface area contributed by atoms with Gasteiger partial charge in [0.05, 0.1) is 12.6 Å². The van der Waals surface area contributed by atoms with E-state index in [1.165, 1.54) is 16.8 Å². The van der Waals surface area contributed by atoms with Gasteiger partial charge in [-0.3, -0.25) is 9.36 Å². The Hall–Kier alpha value is -1.54. The molecule has 0 radical (unpaired) electrons. The lowest BCUT2D eigenvalue weighted by Crippen LogP contribution is -2.40. The number of rotatable bonds is 3. The van der Waals surface area contributed by atoms with Gasteiger partial charge in [-0.2, -0.15) is 5.26 Å². The van der Waals surface area contributed by atoms with Crippen LogP contribution in [0.2, 0.25) is 0 Å². The second-order valence-electron chi connectivity index (χ2n) is 2.93. The van der Waals surface area contributed by atoms with E-state index in [1.807, 2.05) is 0 Å². The van der Waals surface area contributed by atoms with Gasteiger partial charge in [-0.05, 0) is 6.92 Å². The first-order valence-electron chi connectivity index (χ1n) is 4.44. The number of aryl methyl sites for hydroxylation is 1. The number of halogens is 1. The van der Waals surface area contributed by atoms with Gasteiger partial charge in [0, 0.05) is 18.8 Å². The van der Waals surface area contributed by atoms with Crippen molar-refractivity contribution in [1.29, 1.82) is 5.26 Å². The van der Waals surface area contributed by atoms with Crippen LogP contribution in [0.1, 0.15) is 6.92 Å². The molecule has 1 aromatic heterocycles. The number of aromatic nitrogens is 2. The maximum absolute atomic E-state index is 11.6. The van der Waals surface area contributed by atoms with E-state index >= 15 is 0 Å². The third kappa shape index (κ3) is 2.48. The van der Waals surface area contributed by atoms with Crippen LogP contribution in [0, 0.1) is 11.3 Å². The summed E-state index contributed by atoms with van der Waals surface area (Å²) in [6, 6.07) is 3.05. The quantitative estimate of drug-likeness (QED) is 0.691. The minimum atomic E-state index is -0.872. The van der Waals surface area contributed by atoms with Crippen LogP contribution in [0.3, 0.4) is 0 Å². The normalized spacial score (nSPS) is 12.1. The van der Waals surface area contributed by atoms with Crippen LogP contribution in [0.25, 0.3) is 0 Å². The Morgan fingerprint density at radius 2 is 2.27 bits per heavy atom. The fourth-order valence-electron chi connectivity index (χ4n) is 1.17. The molecule has 0 aliphatic heterocycles. The summed E-state index contributed by atoms with van der Waals surface area (Å²) in [6.07, 6.45) is 1.43. The Balaban J connectivity index is 3.23. The van der Waals surface area contributed by atoms with Crippen LogP contribution < -0.4 is 11.2 Å². The van der Waals surface area contributed by atoms with Gasteiger partial charge in [0.1, 0.15) is 5.38 Å². The van der Waals surface area contributed by atoms with Crippen molar-refractivity contribution in [2.45, 2.75) is 25.4 Å². The zero-order chi connectivity index (χ0) is 11.4. The van der Waals surface area contributed by atoms with E-state index in [2.05, 4.69) is 0 Å². The molecule has 0 N–H and O–H groups in total. The molecule has 1 unspecified atom stereocenters. The maximum atomic E-state index is 11.6. The first-order chi connectivity index (χ1) is 7.10. The monoisotopic (exact) mass is 227 g/mol. The molecule has 0 aromatic carbocycles. The van der Waals surface area contributed by atoms with Gasteiger partial charge in [-0.15, -0.1) is 11.6 Å². The molecule has 0 spiro atoms. The van der Waals surface area contributed by atoms with Crippen molar-refractivity contribution in [2.24, 2.45) is 0 Å². The fraction of sp³-hybridized carbons (Fsp3) is 0.444. The molecule has 0 bridgehead atoms. The van der Waals surface area contributed by atoms with E-state index in [4.69, 9.17) is 16.9 Å². The molecule has 80 valence electrons. The highest BCUT2D eigenvalue weighted by Gasteiger charge is 2.09. The van der Waals surface area contributed by atoms with Crippen molar-refractivity contribution in [3.63, 3.8) is 0 Å². The standard InChI is InChI=1S/C9H10ClN3O2/c1-2-12-4-3-8(14)13(9(12)15)6-7(10)5-11/h3-4,7H,2,6H2,1H3. The largest absolute Gasteiger partial charge is 0.331 e.